The molecule has 11 heteroatoms. The number of hydrogen-bond acceptors (Lipinski definition) is 11. The maximum absolute atomic E-state index is 11.7. The Labute approximate surface area is 304 Å². The second kappa shape index (κ2) is 19.5. The monoisotopic (exact) mass is 716 g/mol. The molecule has 10 atom stereocenters. The number of hydrogen-bond donors (Lipinski definition) is 3. The van der Waals surface area contributed by atoms with Gasteiger partial charge in [-0.2, -0.15) is 0 Å². The van der Waals surface area contributed by atoms with Crippen LogP contribution in [0.1, 0.15) is 22.3 Å². The molecule has 3 N–H and O–H groups in total. The zero-order valence-corrected chi connectivity index (χ0v) is 29.2. The van der Waals surface area contributed by atoms with Gasteiger partial charge in [-0.25, -0.2) is 0 Å². The van der Waals surface area contributed by atoms with E-state index in [2.05, 4.69) is 0 Å². The predicted octanol–water partition coefficient (Wildman–Crippen LogP) is 4.15. The third kappa shape index (κ3) is 10.1. The first-order chi connectivity index (χ1) is 25.5. The van der Waals surface area contributed by atoms with E-state index in [1.54, 1.807) is 0 Å². The summed E-state index contributed by atoms with van der Waals surface area (Å²) >= 11 is 0. The lowest BCUT2D eigenvalue weighted by atomic mass is 9.97. The minimum absolute atomic E-state index is 0.164. The topological polar surface area (TPSA) is 135 Å². The fourth-order valence-electron chi connectivity index (χ4n) is 6.43. The largest absolute Gasteiger partial charge is 0.394 e. The molecule has 52 heavy (non-hydrogen) atoms. The third-order valence-electron chi connectivity index (χ3n) is 9.21. The molecule has 0 amide bonds. The van der Waals surface area contributed by atoms with E-state index in [1.807, 2.05) is 121 Å². The molecule has 0 aliphatic carbocycles. The Kier molecular flexibility index (Phi) is 14.3. The summed E-state index contributed by atoms with van der Waals surface area (Å²) in [7, 11) is 1.48. The van der Waals surface area contributed by atoms with Crippen LogP contribution in [0.4, 0.5) is 0 Å². The van der Waals surface area contributed by atoms with Crippen LogP contribution in [0.25, 0.3) is 0 Å². The van der Waals surface area contributed by atoms with Crippen LogP contribution in [-0.4, -0.2) is 97.1 Å². The molecule has 4 aromatic rings. The summed E-state index contributed by atoms with van der Waals surface area (Å²) in [6.07, 6.45) is -9.96. The zero-order valence-electron chi connectivity index (χ0n) is 29.2. The van der Waals surface area contributed by atoms with Crippen molar-refractivity contribution in [3.63, 3.8) is 0 Å². The van der Waals surface area contributed by atoms with Gasteiger partial charge in [0, 0.05) is 7.11 Å². The molecule has 2 heterocycles. The summed E-state index contributed by atoms with van der Waals surface area (Å²) in [4.78, 5) is 0. The first-order valence-corrected chi connectivity index (χ1v) is 17.6. The third-order valence-corrected chi connectivity index (χ3v) is 9.21. The zero-order chi connectivity index (χ0) is 36.1. The Balaban J connectivity index is 1.17. The highest BCUT2D eigenvalue weighted by atomic mass is 16.7. The van der Waals surface area contributed by atoms with E-state index in [-0.39, 0.29) is 33.0 Å². The van der Waals surface area contributed by atoms with Crippen molar-refractivity contribution >= 4 is 0 Å². The molecule has 2 aliphatic heterocycles. The van der Waals surface area contributed by atoms with Crippen LogP contribution in [-0.2, 0) is 64.3 Å². The molecule has 2 aliphatic rings. The second-order valence-corrected chi connectivity index (χ2v) is 12.9. The summed E-state index contributed by atoms with van der Waals surface area (Å²) in [5.41, 5.74) is 3.65. The van der Waals surface area contributed by atoms with Crippen LogP contribution >= 0.6 is 0 Å². The number of ether oxygens (including phenoxy) is 8. The Hall–Kier alpha value is -3.56. The summed E-state index contributed by atoms with van der Waals surface area (Å²) in [6.45, 7) is 0.242. The van der Waals surface area contributed by atoms with Crippen molar-refractivity contribution in [3.05, 3.63) is 144 Å². The molecule has 2 saturated heterocycles. The van der Waals surface area contributed by atoms with E-state index >= 15 is 0 Å². The highest BCUT2D eigenvalue weighted by Crippen LogP contribution is 2.32. The van der Waals surface area contributed by atoms with Crippen molar-refractivity contribution in [1.82, 2.24) is 0 Å². The molecule has 4 aromatic carbocycles. The van der Waals surface area contributed by atoms with Crippen molar-refractivity contribution < 1.29 is 53.2 Å². The summed E-state index contributed by atoms with van der Waals surface area (Å²) in [5, 5.41) is 33.9. The first kappa shape index (κ1) is 38.2. The Morgan fingerprint density at radius 2 is 0.865 bits per heavy atom. The average molecular weight is 717 g/mol. The minimum atomic E-state index is -1.32. The fraction of sp³-hybridized carbons (Fsp3) is 0.415. The molecule has 0 spiro atoms. The SMILES string of the molecule is CO[C@@H]1O[C@H](CO[C@H]2O[C@H](CO)[C@@H](OCc3ccccc3)[C@@H](OCc3ccccc3)[C@H]2O)[C@H](OCc2ccccc2)[C@H](O)[C@@H]1OCc1ccccc1. The van der Waals surface area contributed by atoms with Crippen molar-refractivity contribution in [1.29, 1.82) is 0 Å². The number of benzene rings is 4. The van der Waals surface area contributed by atoms with Gasteiger partial charge in [-0.3, -0.25) is 0 Å². The summed E-state index contributed by atoms with van der Waals surface area (Å²) in [6, 6.07) is 38.4. The van der Waals surface area contributed by atoms with Crippen LogP contribution < -0.4 is 0 Å². The standard InChI is InChI=1S/C41H48O11/c1-45-41-39(49-26-31-20-12-5-13-21-31)34(43)36(46-23-28-14-6-2-7-15-28)33(52-41)27-50-40-35(44)38(48-25-30-18-10-4-11-19-30)37(32(22-42)51-40)47-24-29-16-8-3-9-17-29/h2-21,32-44H,22-27H2,1H3/t32-,33-,34+,35-,36+,37-,38+,39+,40+,41-/m1/s1. The smallest absolute Gasteiger partial charge is 0.186 e. The maximum Gasteiger partial charge on any atom is 0.186 e. The minimum Gasteiger partial charge on any atom is -0.394 e. The molecular formula is C41H48O11. The van der Waals surface area contributed by atoms with Crippen LogP contribution in [0, 0.1) is 0 Å². The van der Waals surface area contributed by atoms with E-state index in [0.717, 1.165) is 22.3 Å². The quantitative estimate of drug-likeness (QED) is 0.146. The normalized spacial score (nSPS) is 29.2. The van der Waals surface area contributed by atoms with Gasteiger partial charge in [-0.05, 0) is 22.3 Å². The fourth-order valence-corrected chi connectivity index (χ4v) is 6.43. The molecule has 0 unspecified atom stereocenters. The Morgan fingerprint density at radius 3 is 1.31 bits per heavy atom. The van der Waals surface area contributed by atoms with Gasteiger partial charge < -0.3 is 53.2 Å². The molecule has 0 radical (unpaired) electrons. The molecule has 11 nitrogen and oxygen atoms in total. The van der Waals surface area contributed by atoms with Gasteiger partial charge >= 0.3 is 0 Å². The van der Waals surface area contributed by atoms with E-state index in [4.69, 9.17) is 37.9 Å². The van der Waals surface area contributed by atoms with Gasteiger partial charge in [-0.1, -0.05) is 121 Å². The molecule has 6 rings (SSSR count). The van der Waals surface area contributed by atoms with Crippen LogP contribution in [0.3, 0.4) is 0 Å². The summed E-state index contributed by atoms with van der Waals surface area (Å²) < 4.78 is 49.3. The van der Waals surface area contributed by atoms with E-state index < -0.39 is 68.0 Å². The lowest BCUT2D eigenvalue weighted by Crippen LogP contribution is -2.63. The lowest BCUT2D eigenvalue weighted by molar-refractivity contribution is -0.342. The number of aliphatic hydroxyl groups is 3. The van der Waals surface area contributed by atoms with Gasteiger partial charge in [0.25, 0.3) is 0 Å². The summed E-state index contributed by atoms with van der Waals surface area (Å²) in [5.74, 6) is 0. The van der Waals surface area contributed by atoms with E-state index in [9.17, 15) is 15.3 Å². The van der Waals surface area contributed by atoms with E-state index in [1.165, 1.54) is 7.11 Å². The van der Waals surface area contributed by atoms with Gasteiger partial charge in [0.1, 0.15) is 48.8 Å². The predicted molar refractivity (Wildman–Crippen MR) is 189 cm³/mol. The molecular weight excluding hydrogens is 668 g/mol. The number of aliphatic hydroxyl groups excluding tert-OH is 3. The maximum atomic E-state index is 11.7. The van der Waals surface area contributed by atoms with Crippen LogP contribution in [0.2, 0.25) is 0 Å². The first-order valence-electron chi connectivity index (χ1n) is 17.6. The molecule has 0 saturated carbocycles. The van der Waals surface area contributed by atoms with Crippen LogP contribution in [0.15, 0.2) is 121 Å². The highest BCUT2D eigenvalue weighted by molar-refractivity contribution is 5.16. The van der Waals surface area contributed by atoms with Crippen molar-refractivity contribution in [2.75, 3.05) is 20.3 Å². The Bertz CT molecular complexity index is 1570. The Morgan fingerprint density at radius 1 is 0.462 bits per heavy atom. The molecule has 0 bridgehead atoms. The number of rotatable bonds is 17. The van der Waals surface area contributed by atoms with E-state index in [0.29, 0.717) is 0 Å². The molecule has 2 fully saturated rings. The molecule has 278 valence electrons. The van der Waals surface area contributed by atoms with Gasteiger partial charge in [0.2, 0.25) is 0 Å². The van der Waals surface area contributed by atoms with Crippen LogP contribution in [0.5, 0.6) is 0 Å². The van der Waals surface area contributed by atoms with Gasteiger partial charge in [0.15, 0.2) is 12.6 Å². The number of methoxy groups -OCH3 is 1. The molecule has 0 aromatic heterocycles. The van der Waals surface area contributed by atoms with Gasteiger partial charge in [-0.15, -0.1) is 0 Å². The lowest BCUT2D eigenvalue weighted by Gasteiger charge is -2.46. The average Bonchev–Trinajstić information content (AvgIpc) is 3.19. The van der Waals surface area contributed by atoms with Gasteiger partial charge in [0.05, 0.1) is 39.6 Å². The van der Waals surface area contributed by atoms with Crippen molar-refractivity contribution in [2.24, 2.45) is 0 Å². The van der Waals surface area contributed by atoms with Crippen molar-refractivity contribution in [3.8, 4) is 0 Å². The highest BCUT2D eigenvalue weighted by Gasteiger charge is 2.50. The van der Waals surface area contributed by atoms with Crippen molar-refractivity contribution in [2.45, 2.75) is 87.8 Å². The second-order valence-electron chi connectivity index (χ2n) is 12.9.